The number of hydrogen-bond acceptors (Lipinski definition) is 2. The summed E-state index contributed by atoms with van der Waals surface area (Å²) in [6, 6.07) is 2.05. The lowest BCUT2D eigenvalue weighted by Crippen LogP contribution is -2.33. The molecule has 0 aromatic carbocycles. The highest BCUT2D eigenvalue weighted by Crippen LogP contribution is 2.43. The van der Waals surface area contributed by atoms with Crippen molar-refractivity contribution >= 4 is 11.3 Å². The maximum atomic E-state index is 9.96. The first-order valence-corrected chi connectivity index (χ1v) is 4.87. The zero-order chi connectivity index (χ0) is 7.90. The predicted molar refractivity (Wildman–Crippen MR) is 46.8 cm³/mol. The van der Waals surface area contributed by atoms with Gasteiger partial charge in [-0.05, 0) is 43.2 Å². The maximum absolute atomic E-state index is 9.96. The van der Waals surface area contributed by atoms with E-state index in [4.69, 9.17) is 0 Å². The Hall–Kier alpha value is -0.340. The summed E-state index contributed by atoms with van der Waals surface area (Å²) in [5.74, 6) is 0. The Morgan fingerprint density at radius 2 is 2.27 bits per heavy atom. The number of thiophene rings is 1. The third-order valence-corrected chi connectivity index (χ3v) is 3.39. The molecule has 0 spiro atoms. The molecule has 0 atom stereocenters. The third kappa shape index (κ3) is 1.01. The van der Waals surface area contributed by atoms with E-state index in [2.05, 4.69) is 18.4 Å². The summed E-state index contributed by atoms with van der Waals surface area (Å²) in [5.41, 5.74) is 0.707. The van der Waals surface area contributed by atoms with Gasteiger partial charge in [-0.1, -0.05) is 0 Å². The summed E-state index contributed by atoms with van der Waals surface area (Å²) in [5, 5.41) is 12.0. The Labute approximate surface area is 70.7 Å². The normalized spacial score (nSPS) is 21.3. The molecule has 1 aliphatic rings. The topological polar surface area (TPSA) is 20.2 Å². The molecule has 1 aromatic heterocycles. The lowest BCUT2D eigenvalue weighted by atomic mass is 9.75. The molecule has 0 radical (unpaired) electrons. The molecular weight excluding hydrogens is 156 g/mol. The second-order valence-electron chi connectivity index (χ2n) is 3.28. The molecule has 1 aliphatic carbocycles. The molecule has 11 heavy (non-hydrogen) atoms. The van der Waals surface area contributed by atoms with Gasteiger partial charge in [-0.15, -0.1) is 11.3 Å². The fourth-order valence-electron chi connectivity index (χ4n) is 1.65. The summed E-state index contributed by atoms with van der Waals surface area (Å²) < 4.78 is 0. The Balaban J connectivity index is 2.35. The second kappa shape index (κ2) is 2.32. The molecule has 1 fully saturated rings. The van der Waals surface area contributed by atoms with Crippen molar-refractivity contribution in [1.82, 2.24) is 0 Å². The van der Waals surface area contributed by atoms with Crippen molar-refractivity contribution in [3.8, 4) is 0 Å². The molecule has 1 heterocycles. The van der Waals surface area contributed by atoms with Gasteiger partial charge >= 0.3 is 0 Å². The zero-order valence-corrected chi connectivity index (χ0v) is 7.45. The lowest BCUT2D eigenvalue weighted by molar-refractivity contribution is -0.0388. The Kier molecular flexibility index (Phi) is 1.55. The molecule has 2 rings (SSSR count). The van der Waals surface area contributed by atoms with Crippen molar-refractivity contribution in [2.75, 3.05) is 0 Å². The molecule has 60 valence electrons. The average molecular weight is 168 g/mol. The number of rotatable bonds is 1. The van der Waals surface area contributed by atoms with Gasteiger partial charge in [0.25, 0.3) is 0 Å². The number of hydrogen-bond donors (Lipinski definition) is 1. The van der Waals surface area contributed by atoms with Gasteiger partial charge in [0.15, 0.2) is 0 Å². The van der Waals surface area contributed by atoms with Crippen LogP contribution in [0.15, 0.2) is 11.4 Å². The van der Waals surface area contributed by atoms with E-state index in [0.29, 0.717) is 0 Å². The summed E-state index contributed by atoms with van der Waals surface area (Å²) in [6.07, 6.45) is 3.07. The van der Waals surface area contributed by atoms with Gasteiger partial charge in [0.2, 0.25) is 0 Å². The van der Waals surface area contributed by atoms with Gasteiger partial charge in [0.05, 0.1) is 5.60 Å². The molecule has 2 heteroatoms. The van der Waals surface area contributed by atoms with Crippen LogP contribution >= 0.6 is 11.3 Å². The SMILES string of the molecule is Cc1sccc1C1(O)CCC1. The molecule has 1 nitrogen and oxygen atoms in total. The Morgan fingerprint density at radius 3 is 2.64 bits per heavy atom. The standard InChI is InChI=1S/C9H12OS/c1-7-8(3-6-11-7)9(10)4-2-5-9/h3,6,10H,2,4-5H2,1H3. The molecule has 0 saturated heterocycles. The van der Waals surface area contributed by atoms with Crippen molar-refractivity contribution in [3.05, 3.63) is 21.9 Å². The van der Waals surface area contributed by atoms with Crippen LogP contribution in [0.5, 0.6) is 0 Å². The minimum Gasteiger partial charge on any atom is -0.385 e. The highest BCUT2D eigenvalue weighted by molar-refractivity contribution is 7.10. The van der Waals surface area contributed by atoms with Crippen LogP contribution in [0.1, 0.15) is 29.7 Å². The minimum absolute atomic E-state index is 0.454. The predicted octanol–water partition coefficient (Wildman–Crippen LogP) is 2.43. The van der Waals surface area contributed by atoms with E-state index in [1.807, 2.05) is 0 Å². The highest BCUT2D eigenvalue weighted by atomic mass is 32.1. The van der Waals surface area contributed by atoms with Crippen LogP contribution in [-0.2, 0) is 5.60 Å². The van der Waals surface area contributed by atoms with Crippen LogP contribution in [-0.4, -0.2) is 5.11 Å². The smallest absolute Gasteiger partial charge is 0.0907 e. The summed E-state index contributed by atoms with van der Waals surface area (Å²) >= 11 is 1.72. The highest BCUT2D eigenvalue weighted by Gasteiger charge is 2.37. The summed E-state index contributed by atoms with van der Waals surface area (Å²) in [6.45, 7) is 2.08. The van der Waals surface area contributed by atoms with E-state index in [1.165, 1.54) is 11.3 Å². The van der Waals surface area contributed by atoms with E-state index in [-0.39, 0.29) is 0 Å². The first-order chi connectivity index (χ1) is 5.22. The van der Waals surface area contributed by atoms with Crippen LogP contribution in [0.25, 0.3) is 0 Å². The maximum Gasteiger partial charge on any atom is 0.0907 e. The van der Waals surface area contributed by atoms with Crippen LogP contribution in [0.3, 0.4) is 0 Å². The molecule has 1 saturated carbocycles. The first-order valence-electron chi connectivity index (χ1n) is 3.99. The van der Waals surface area contributed by atoms with E-state index in [1.54, 1.807) is 11.3 Å². The fourth-order valence-corrected chi connectivity index (χ4v) is 2.44. The Bertz CT molecular complexity index is 260. The van der Waals surface area contributed by atoms with Crippen molar-refractivity contribution < 1.29 is 5.11 Å². The third-order valence-electron chi connectivity index (χ3n) is 2.54. The second-order valence-corrected chi connectivity index (χ2v) is 4.40. The van der Waals surface area contributed by atoms with Crippen molar-refractivity contribution in [2.45, 2.75) is 31.8 Å². The van der Waals surface area contributed by atoms with E-state index >= 15 is 0 Å². The summed E-state index contributed by atoms with van der Waals surface area (Å²) in [4.78, 5) is 1.27. The van der Waals surface area contributed by atoms with Gasteiger partial charge in [-0.25, -0.2) is 0 Å². The molecule has 0 unspecified atom stereocenters. The van der Waals surface area contributed by atoms with E-state index in [9.17, 15) is 5.11 Å². The minimum atomic E-state index is -0.454. The van der Waals surface area contributed by atoms with Crippen LogP contribution < -0.4 is 0 Å². The van der Waals surface area contributed by atoms with Crippen molar-refractivity contribution in [2.24, 2.45) is 0 Å². The lowest BCUT2D eigenvalue weighted by Gasteiger charge is -2.36. The van der Waals surface area contributed by atoms with E-state index in [0.717, 1.165) is 18.4 Å². The molecular formula is C9H12OS. The largest absolute Gasteiger partial charge is 0.385 e. The average Bonchev–Trinajstić information content (AvgIpc) is 2.30. The number of aliphatic hydroxyl groups is 1. The van der Waals surface area contributed by atoms with Gasteiger partial charge in [-0.2, -0.15) is 0 Å². The fraction of sp³-hybridized carbons (Fsp3) is 0.556. The van der Waals surface area contributed by atoms with Gasteiger partial charge in [0.1, 0.15) is 0 Å². The van der Waals surface area contributed by atoms with Gasteiger partial charge < -0.3 is 5.11 Å². The Morgan fingerprint density at radius 1 is 1.55 bits per heavy atom. The molecule has 0 bridgehead atoms. The quantitative estimate of drug-likeness (QED) is 0.682. The molecule has 1 N–H and O–H groups in total. The monoisotopic (exact) mass is 168 g/mol. The van der Waals surface area contributed by atoms with E-state index < -0.39 is 5.60 Å². The molecule has 1 aromatic rings. The number of aryl methyl sites for hydroxylation is 1. The van der Waals surface area contributed by atoms with Crippen LogP contribution in [0.2, 0.25) is 0 Å². The van der Waals surface area contributed by atoms with Crippen molar-refractivity contribution in [3.63, 3.8) is 0 Å². The zero-order valence-electron chi connectivity index (χ0n) is 6.63. The van der Waals surface area contributed by atoms with Gasteiger partial charge in [-0.3, -0.25) is 0 Å². The van der Waals surface area contributed by atoms with Crippen molar-refractivity contribution in [1.29, 1.82) is 0 Å². The first kappa shape index (κ1) is 7.32. The molecule has 0 aliphatic heterocycles. The molecule has 0 amide bonds. The summed E-state index contributed by atoms with van der Waals surface area (Å²) in [7, 11) is 0. The van der Waals surface area contributed by atoms with Crippen LogP contribution in [0, 0.1) is 6.92 Å². The van der Waals surface area contributed by atoms with Gasteiger partial charge in [0, 0.05) is 4.88 Å². The van der Waals surface area contributed by atoms with Crippen LogP contribution in [0.4, 0.5) is 0 Å².